The van der Waals surface area contributed by atoms with E-state index in [0.29, 0.717) is 19.3 Å². The quantitative estimate of drug-likeness (QED) is 0.786. The number of nitriles is 1. The molecule has 0 bridgehead atoms. The number of morpholine rings is 1. The first kappa shape index (κ1) is 19.4. The second-order valence-electron chi connectivity index (χ2n) is 7.42. The minimum atomic E-state index is -0.458. The van der Waals surface area contributed by atoms with Crippen molar-refractivity contribution in [1.29, 1.82) is 5.26 Å². The average Bonchev–Trinajstić information content (AvgIpc) is 2.79. The topological polar surface area (TPSA) is 68.5 Å². The molecule has 4 rings (SSSR count). The van der Waals surface area contributed by atoms with Crippen molar-refractivity contribution in [3.8, 4) is 6.07 Å². The van der Waals surface area contributed by atoms with E-state index < -0.39 is 5.82 Å². The van der Waals surface area contributed by atoms with Crippen molar-refractivity contribution >= 4 is 17.5 Å². The predicted octanol–water partition coefficient (Wildman–Crippen LogP) is 2.43. The number of piperidine rings is 1. The van der Waals surface area contributed by atoms with Gasteiger partial charge in [0.05, 0.1) is 18.8 Å². The Morgan fingerprint density at radius 2 is 1.90 bits per heavy atom. The molecule has 1 aromatic carbocycles. The lowest BCUT2D eigenvalue weighted by molar-refractivity contribution is 0.122. The summed E-state index contributed by atoms with van der Waals surface area (Å²) in [6.07, 6.45) is 3.72. The summed E-state index contributed by atoms with van der Waals surface area (Å²) >= 11 is 0. The lowest BCUT2D eigenvalue weighted by atomic mass is 10.0. The minimum absolute atomic E-state index is 0.0863. The van der Waals surface area contributed by atoms with Crippen LogP contribution in [0.4, 0.5) is 21.8 Å². The van der Waals surface area contributed by atoms with Crippen LogP contribution in [0.25, 0.3) is 0 Å². The summed E-state index contributed by atoms with van der Waals surface area (Å²) in [6.45, 7) is 4.71. The normalized spacial score (nSPS) is 17.8. The second kappa shape index (κ2) is 8.62. The summed E-state index contributed by atoms with van der Waals surface area (Å²) in [7, 11) is 2.08. The number of hydrogen-bond donors (Lipinski definition) is 0. The van der Waals surface area contributed by atoms with Gasteiger partial charge in [-0.2, -0.15) is 10.2 Å². The molecule has 0 N–H and O–H groups in total. The molecule has 2 aromatic rings. The highest BCUT2D eigenvalue weighted by atomic mass is 19.1. The number of ether oxygens (including phenoxy) is 1. The van der Waals surface area contributed by atoms with Crippen LogP contribution in [0.2, 0.25) is 0 Å². The molecule has 2 aliphatic heterocycles. The van der Waals surface area contributed by atoms with E-state index >= 15 is 0 Å². The first-order valence-corrected chi connectivity index (χ1v) is 9.99. The molecule has 1 aromatic heterocycles. The highest BCUT2D eigenvalue weighted by Gasteiger charge is 2.25. The molecule has 0 saturated carbocycles. The Morgan fingerprint density at radius 3 is 2.59 bits per heavy atom. The van der Waals surface area contributed by atoms with E-state index in [1.807, 2.05) is 24.4 Å². The van der Waals surface area contributed by atoms with Crippen LogP contribution in [0.5, 0.6) is 0 Å². The molecule has 2 aliphatic rings. The maximum atomic E-state index is 13.9. The lowest BCUT2D eigenvalue weighted by Crippen LogP contribution is -2.44. The van der Waals surface area contributed by atoms with Crippen LogP contribution in [-0.2, 0) is 4.74 Å². The standard InChI is InChI=1S/C21H25FN6O/c1-26(20-4-7-24-21(25-20)28-10-12-29-13-11-28)17-5-8-27(9-6-17)18-3-2-16(15-23)19(22)14-18/h2-4,7,14,17H,5-6,8-13H2,1H3. The molecule has 0 radical (unpaired) electrons. The van der Waals surface area contributed by atoms with Crippen LogP contribution >= 0.6 is 0 Å². The van der Waals surface area contributed by atoms with E-state index in [9.17, 15) is 4.39 Å². The second-order valence-corrected chi connectivity index (χ2v) is 7.42. The zero-order valence-electron chi connectivity index (χ0n) is 16.6. The molecule has 2 saturated heterocycles. The summed E-state index contributed by atoms with van der Waals surface area (Å²) in [4.78, 5) is 15.8. The molecule has 0 amide bonds. The average molecular weight is 396 g/mol. The number of hydrogen-bond acceptors (Lipinski definition) is 7. The Morgan fingerprint density at radius 1 is 1.14 bits per heavy atom. The van der Waals surface area contributed by atoms with Crippen LogP contribution < -0.4 is 14.7 Å². The Bertz CT molecular complexity index is 887. The Kier molecular flexibility index (Phi) is 5.76. The smallest absolute Gasteiger partial charge is 0.227 e. The molecule has 0 atom stereocenters. The van der Waals surface area contributed by atoms with Crippen LogP contribution in [-0.4, -0.2) is 62.5 Å². The molecule has 0 aliphatic carbocycles. The Balaban J connectivity index is 1.39. The lowest BCUT2D eigenvalue weighted by Gasteiger charge is -2.38. The van der Waals surface area contributed by atoms with Gasteiger partial charge < -0.3 is 19.4 Å². The van der Waals surface area contributed by atoms with Crippen LogP contribution in [0.15, 0.2) is 30.5 Å². The molecule has 152 valence electrons. The van der Waals surface area contributed by atoms with E-state index in [1.165, 1.54) is 6.07 Å². The minimum Gasteiger partial charge on any atom is -0.378 e. The Hall–Kier alpha value is -2.92. The third-order valence-electron chi connectivity index (χ3n) is 5.73. The molecule has 0 spiro atoms. The fourth-order valence-corrected chi connectivity index (χ4v) is 3.94. The SMILES string of the molecule is CN(c1ccnc(N2CCOCC2)n1)C1CCN(c2ccc(C#N)c(F)c2)CC1. The zero-order chi connectivity index (χ0) is 20.2. The highest BCUT2D eigenvalue weighted by Crippen LogP contribution is 2.26. The Labute approximate surface area is 170 Å². The number of rotatable bonds is 4. The van der Waals surface area contributed by atoms with Crippen molar-refractivity contribution in [2.45, 2.75) is 18.9 Å². The van der Waals surface area contributed by atoms with Gasteiger partial charge in [-0.3, -0.25) is 0 Å². The first-order chi connectivity index (χ1) is 14.2. The fraction of sp³-hybridized carbons (Fsp3) is 0.476. The molecule has 29 heavy (non-hydrogen) atoms. The number of halogens is 1. The number of benzene rings is 1. The van der Waals surface area contributed by atoms with Gasteiger partial charge in [0.2, 0.25) is 5.95 Å². The van der Waals surface area contributed by atoms with Gasteiger partial charge in [-0.05, 0) is 37.1 Å². The molecule has 2 fully saturated rings. The van der Waals surface area contributed by atoms with E-state index in [4.69, 9.17) is 15.0 Å². The van der Waals surface area contributed by atoms with Crippen molar-refractivity contribution in [1.82, 2.24) is 9.97 Å². The molecular weight excluding hydrogens is 371 g/mol. The molecule has 0 unspecified atom stereocenters. The fourth-order valence-electron chi connectivity index (χ4n) is 3.94. The van der Waals surface area contributed by atoms with Gasteiger partial charge in [0.25, 0.3) is 0 Å². The first-order valence-electron chi connectivity index (χ1n) is 9.99. The maximum Gasteiger partial charge on any atom is 0.227 e. The van der Waals surface area contributed by atoms with Crippen LogP contribution in [0.3, 0.4) is 0 Å². The van der Waals surface area contributed by atoms with Crippen LogP contribution in [0.1, 0.15) is 18.4 Å². The van der Waals surface area contributed by atoms with E-state index in [-0.39, 0.29) is 5.56 Å². The summed E-state index contributed by atoms with van der Waals surface area (Å²) in [5.41, 5.74) is 0.919. The van der Waals surface area contributed by atoms with Gasteiger partial charge in [0.15, 0.2) is 0 Å². The number of nitrogens with zero attached hydrogens (tertiary/aromatic N) is 6. The number of anilines is 3. The van der Waals surface area contributed by atoms with Gasteiger partial charge in [-0.25, -0.2) is 9.37 Å². The summed E-state index contributed by atoms with van der Waals surface area (Å²) in [6, 6.07) is 9.02. The van der Waals surface area contributed by atoms with Crippen molar-refractivity contribution in [2.75, 3.05) is 61.1 Å². The molecule has 3 heterocycles. The zero-order valence-corrected chi connectivity index (χ0v) is 16.6. The van der Waals surface area contributed by atoms with E-state index in [1.54, 1.807) is 6.07 Å². The largest absolute Gasteiger partial charge is 0.378 e. The van der Waals surface area contributed by atoms with Gasteiger partial charge in [-0.1, -0.05) is 0 Å². The summed E-state index contributed by atoms with van der Waals surface area (Å²) in [5.74, 6) is 1.22. The van der Waals surface area contributed by atoms with Gasteiger partial charge in [-0.15, -0.1) is 0 Å². The third kappa shape index (κ3) is 4.25. The van der Waals surface area contributed by atoms with E-state index in [2.05, 4.69) is 26.7 Å². The molecular formula is C21H25FN6O. The van der Waals surface area contributed by atoms with Crippen molar-refractivity contribution < 1.29 is 9.13 Å². The van der Waals surface area contributed by atoms with Crippen LogP contribution in [0, 0.1) is 17.1 Å². The van der Waals surface area contributed by atoms with Gasteiger partial charge in [0.1, 0.15) is 17.7 Å². The maximum absolute atomic E-state index is 13.9. The molecule has 8 heteroatoms. The van der Waals surface area contributed by atoms with Gasteiger partial charge in [0, 0.05) is 51.2 Å². The molecule has 7 nitrogen and oxygen atoms in total. The van der Waals surface area contributed by atoms with Crippen molar-refractivity contribution in [2.24, 2.45) is 0 Å². The summed E-state index contributed by atoms with van der Waals surface area (Å²) < 4.78 is 19.3. The van der Waals surface area contributed by atoms with E-state index in [0.717, 1.165) is 56.5 Å². The van der Waals surface area contributed by atoms with Crippen molar-refractivity contribution in [3.05, 3.63) is 41.8 Å². The third-order valence-corrected chi connectivity index (χ3v) is 5.73. The monoisotopic (exact) mass is 396 g/mol. The highest BCUT2D eigenvalue weighted by molar-refractivity contribution is 5.51. The van der Waals surface area contributed by atoms with Gasteiger partial charge >= 0.3 is 0 Å². The number of aromatic nitrogens is 2. The van der Waals surface area contributed by atoms with Crippen molar-refractivity contribution in [3.63, 3.8) is 0 Å². The summed E-state index contributed by atoms with van der Waals surface area (Å²) in [5, 5.41) is 8.90. The predicted molar refractivity (Wildman–Crippen MR) is 110 cm³/mol.